The zero-order valence-electron chi connectivity index (χ0n) is 14.6. The molecule has 0 radical (unpaired) electrons. The second kappa shape index (κ2) is 7.53. The van der Waals surface area contributed by atoms with E-state index in [1.54, 1.807) is 12.5 Å². The molecule has 1 fully saturated rings. The van der Waals surface area contributed by atoms with Gasteiger partial charge in [-0.1, -0.05) is 0 Å². The van der Waals surface area contributed by atoms with E-state index in [0.717, 1.165) is 55.5 Å². The Morgan fingerprint density at radius 2 is 2.00 bits per heavy atom. The number of likely N-dealkylation sites (tertiary alicyclic amines) is 1. The Balaban J connectivity index is 1.51. The first kappa shape index (κ1) is 16.6. The van der Waals surface area contributed by atoms with Gasteiger partial charge < -0.3 is 10.2 Å². The van der Waals surface area contributed by atoms with Crippen LogP contribution in [-0.4, -0.2) is 58.1 Å². The highest BCUT2D eigenvalue weighted by molar-refractivity contribution is 5.47. The van der Waals surface area contributed by atoms with E-state index in [0.29, 0.717) is 6.04 Å². The summed E-state index contributed by atoms with van der Waals surface area (Å²) in [5.41, 5.74) is 2.03. The fraction of sp³-hybridized carbons (Fsp3) is 0.529. The molecule has 0 saturated carbocycles. The summed E-state index contributed by atoms with van der Waals surface area (Å²) < 4.78 is 0. The van der Waals surface area contributed by atoms with Crippen LogP contribution in [-0.2, 0) is 6.54 Å². The highest BCUT2D eigenvalue weighted by Crippen LogP contribution is 2.18. The van der Waals surface area contributed by atoms with E-state index in [2.05, 4.69) is 30.2 Å². The smallest absolute Gasteiger partial charge is 0.133 e. The molecule has 0 unspecified atom stereocenters. The molecule has 1 saturated heterocycles. The third-order valence-corrected chi connectivity index (χ3v) is 4.24. The van der Waals surface area contributed by atoms with Crippen LogP contribution in [0.3, 0.4) is 0 Å². The molecule has 3 heterocycles. The van der Waals surface area contributed by atoms with Crippen molar-refractivity contribution in [1.29, 1.82) is 0 Å². The molecular weight excluding hydrogens is 302 g/mol. The van der Waals surface area contributed by atoms with Crippen LogP contribution < -0.4 is 10.2 Å². The Morgan fingerprint density at radius 3 is 2.71 bits per heavy atom. The molecule has 1 aliphatic heterocycles. The predicted octanol–water partition coefficient (Wildman–Crippen LogP) is 1.72. The van der Waals surface area contributed by atoms with Crippen molar-refractivity contribution in [3.63, 3.8) is 0 Å². The van der Waals surface area contributed by atoms with Crippen molar-refractivity contribution in [1.82, 2.24) is 24.8 Å². The topological polar surface area (TPSA) is 70.1 Å². The number of anilines is 2. The zero-order chi connectivity index (χ0) is 16.9. The number of aromatic nitrogens is 4. The molecule has 0 spiro atoms. The number of hydrogen-bond acceptors (Lipinski definition) is 7. The molecule has 0 bridgehead atoms. The van der Waals surface area contributed by atoms with Gasteiger partial charge >= 0.3 is 0 Å². The molecule has 7 nitrogen and oxygen atoms in total. The number of hydrogen-bond donors (Lipinski definition) is 1. The van der Waals surface area contributed by atoms with Crippen molar-refractivity contribution in [3.8, 4) is 0 Å². The third-order valence-electron chi connectivity index (χ3n) is 4.24. The van der Waals surface area contributed by atoms with Gasteiger partial charge in [-0.2, -0.15) is 0 Å². The number of aryl methyl sites for hydroxylation is 1. The quantitative estimate of drug-likeness (QED) is 0.896. The minimum atomic E-state index is 0.453. The summed E-state index contributed by atoms with van der Waals surface area (Å²) in [6.07, 6.45) is 7.47. The fourth-order valence-corrected chi connectivity index (χ4v) is 2.94. The van der Waals surface area contributed by atoms with Gasteiger partial charge in [0.15, 0.2) is 0 Å². The summed E-state index contributed by atoms with van der Waals surface area (Å²) in [4.78, 5) is 21.8. The lowest BCUT2D eigenvalue weighted by Crippen LogP contribution is -2.39. The molecule has 128 valence electrons. The summed E-state index contributed by atoms with van der Waals surface area (Å²) in [5, 5.41) is 3.54. The van der Waals surface area contributed by atoms with Gasteiger partial charge in [0.25, 0.3) is 0 Å². The average Bonchev–Trinajstić information content (AvgIpc) is 2.57. The Hall–Kier alpha value is -2.28. The molecule has 2 aromatic heterocycles. The lowest BCUT2D eigenvalue weighted by atomic mass is 10.0. The first-order valence-corrected chi connectivity index (χ1v) is 8.36. The maximum Gasteiger partial charge on any atom is 0.133 e. The van der Waals surface area contributed by atoms with E-state index >= 15 is 0 Å². The lowest BCUT2D eigenvalue weighted by molar-refractivity contribution is 0.208. The highest BCUT2D eigenvalue weighted by Gasteiger charge is 2.20. The van der Waals surface area contributed by atoms with Crippen molar-refractivity contribution in [2.75, 3.05) is 37.4 Å². The van der Waals surface area contributed by atoms with Crippen LogP contribution in [0.15, 0.2) is 24.8 Å². The van der Waals surface area contributed by atoms with Crippen LogP contribution in [0, 0.1) is 6.92 Å². The molecule has 24 heavy (non-hydrogen) atoms. The largest absolute Gasteiger partial charge is 0.367 e. The molecule has 1 aliphatic rings. The molecule has 0 atom stereocenters. The van der Waals surface area contributed by atoms with Crippen LogP contribution in [0.2, 0.25) is 0 Å². The molecule has 0 amide bonds. The molecule has 7 heteroatoms. The number of piperidine rings is 1. The van der Waals surface area contributed by atoms with Crippen LogP contribution in [0.5, 0.6) is 0 Å². The van der Waals surface area contributed by atoms with Crippen molar-refractivity contribution in [2.45, 2.75) is 32.4 Å². The molecule has 1 N–H and O–H groups in total. The minimum Gasteiger partial charge on any atom is -0.367 e. The van der Waals surface area contributed by atoms with Gasteiger partial charge in [0.2, 0.25) is 0 Å². The Bertz CT molecular complexity index is 665. The van der Waals surface area contributed by atoms with E-state index in [9.17, 15) is 0 Å². The van der Waals surface area contributed by atoms with Gasteiger partial charge in [-0.3, -0.25) is 14.9 Å². The monoisotopic (exact) mass is 327 g/mol. The van der Waals surface area contributed by atoms with Crippen molar-refractivity contribution in [2.24, 2.45) is 0 Å². The van der Waals surface area contributed by atoms with E-state index in [4.69, 9.17) is 0 Å². The van der Waals surface area contributed by atoms with Crippen LogP contribution >= 0.6 is 0 Å². The summed E-state index contributed by atoms with van der Waals surface area (Å²) in [6, 6.07) is 2.45. The number of rotatable bonds is 5. The molecule has 2 aromatic rings. The van der Waals surface area contributed by atoms with E-state index in [-0.39, 0.29) is 0 Å². The van der Waals surface area contributed by atoms with Crippen molar-refractivity contribution in [3.05, 3.63) is 36.2 Å². The maximum absolute atomic E-state index is 4.54. The lowest BCUT2D eigenvalue weighted by Gasteiger charge is -2.32. The summed E-state index contributed by atoms with van der Waals surface area (Å²) in [7, 11) is 3.97. The van der Waals surface area contributed by atoms with Gasteiger partial charge in [0.1, 0.15) is 18.0 Å². The van der Waals surface area contributed by atoms with Crippen molar-refractivity contribution < 1.29 is 0 Å². The van der Waals surface area contributed by atoms with Gasteiger partial charge in [-0.15, -0.1) is 0 Å². The zero-order valence-corrected chi connectivity index (χ0v) is 14.6. The molecule has 3 rings (SSSR count). The third kappa shape index (κ3) is 4.38. The summed E-state index contributed by atoms with van der Waals surface area (Å²) >= 11 is 0. The Morgan fingerprint density at radius 1 is 1.21 bits per heavy atom. The molecule has 0 aromatic carbocycles. The van der Waals surface area contributed by atoms with Crippen LogP contribution in [0.1, 0.15) is 24.2 Å². The number of nitrogens with one attached hydrogen (secondary N) is 1. The van der Waals surface area contributed by atoms with Crippen LogP contribution in [0.25, 0.3) is 0 Å². The first-order valence-electron chi connectivity index (χ1n) is 8.36. The van der Waals surface area contributed by atoms with Crippen LogP contribution in [0.4, 0.5) is 11.6 Å². The summed E-state index contributed by atoms with van der Waals surface area (Å²) in [5.74, 6) is 1.82. The van der Waals surface area contributed by atoms with Gasteiger partial charge in [-0.05, 0) is 19.8 Å². The SMILES string of the molecule is Cc1cncc(CN2CCC(Nc3cc(N(C)C)ncn3)CC2)n1. The van der Waals surface area contributed by atoms with E-state index in [1.807, 2.05) is 38.2 Å². The Kier molecular flexibility index (Phi) is 5.20. The minimum absolute atomic E-state index is 0.453. The van der Waals surface area contributed by atoms with Gasteiger partial charge in [0.05, 0.1) is 11.4 Å². The normalized spacial score (nSPS) is 16.1. The second-order valence-electron chi connectivity index (χ2n) is 6.50. The number of nitrogens with zero attached hydrogens (tertiary/aromatic N) is 6. The Labute approximate surface area is 143 Å². The van der Waals surface area contributed by atoms with Gasteiger partial charge in [-0.25, -0.2) is 9.97 Å². The maximum atomic E-state index is 4.54. The average molecular weight is 327 g/mol. The standard InChI is InChI=1S/C17H25N7/c1-13-9-18-10-15(21-13)11-24-6-4-14(5-7-24)22-16-8-17(23(2)3)20-12-19-16/h8-10,12,14H,4-7,11H2,1-3H3,(H,19,20,22). The fourth-order valence-electron chi connectivity index (χ4n) is 2.94. The van der Waals surface area contributed by atoms with E-state index in [1.165, 1.54) is 0 Å². The molecule has 0 aliphatic carbocycles. The van der Waals surface area contributed by atoms with Gasteiger partial charge in [0, 0.05) is 58.2 Å². The molecular formula is C17H25N7. The highest BCUT2D eigenvalue weighted by atomic mass is 15.2. The summed E-state index contributed by atoms with van der Waals surface area (Å²) in [6.45, 7) is 4.97. The van der Waals surface area contributed by atoms with Crippen molar-refractivity contribution >= 4 is 11.6 Å². The first-order chi connectivity index (χ1) is 11.6. The second-order valence-corrected chi connectivity index (χ2v) is 6.50. The van der Waals surface area contributed by atoms with E-state index < -0.39 is 0 Å². The predicted molar refractivity (Wildman–Crippen MR) is 95.0 cm³/mol.